The van der Waals surface area contributed by atoms with Gasteiger partial charge in [0.25, 0.3) is 0 Å². The normalized spacial score (nSPS) is 11.9. The molecular formula is C142H286. The molecule has 0 nitrogen and oxygen atoms in total. The summed E-state index contributed by atoms with van der Waals surface area (Å²) in [6.45, 7) is 4.64. The predicted octanol–water partition coefficient (Wildman–Crippen LogP) is 55.6. The van der Waals surface area contributed by atoms with Crippen LogP contribution in [0.2, 0.25) is 0 Å². The molecule has 0 fully saturated rings. The summed E-state index contributed by atoms with van der Waals surface area (Å²) in [5.74, 6) is 0. The van der Waals surface area contributed by atoms with E-state index in [9.17, 15) is 0 Å². The summed E-state index contributed by atoms with van der Waals surface area (Å²) < 4.78 is 0. The van der Waals surface area contributed by atoms with Gasteiger partial charge in [0.15, 0.2) is 0 Å². The highest BCUT2D eigenvalue weighted by molar-refractivity contribution is 4.64. The van der Waals surface area contributed by atoms with Crippen LogP contribution >= 0.6 is 0 Å². The first-order valence-electron chi connectivity index (χ1n) is 70.9. The molecule has 0 saturated heterocycles. The van der Waals surface area contributed by atoms with Crippen LogP contribution in [-0.4, -0.2) is 0 Å². The molecule has 0 heteroatoms. The van der Waals surface area contributed by atoms with Crippen molar-refractivity contribution in [2.75, 3.05) is 0 Å². The van der Waals surface area contributed by atoms with Crippen molar-refractivity contribution in [3.63, 3.8) is 0 Å². The highest BCUT2D eigenvalue weighted by atomic mass is 14.1. The van der Waals surface area contributed by atoms with Gasteiger partial charge >= 0.3 is 0 Å². The monoisotopic (exact) mass is 1990 g/mol. The molecule has 142 heavy (non-hydrogen) atoms. The van der Waals surface area contributed by atoms with Gasteiger partial charge in [0.05, 0.1) is 0 Å². The molecular weight excluding hydrogens is 1710 g/mol. The zero-order valence-corrected chi connectivity index (χ0v) is 101. The number of rotatable bonds is 139. The largest absolute Gasteiger partial charge is 0.0654 e. The lowest BCUT2D eigenvalue weighted by atomic mass is 10.0. The van der Waals surface area contributed by atoms with Crippen LogP contribution in [0, 0.1) is 0 Å². The Morgan fingerprint density at radius 1 is 0.0352 bits per heavy atom. The lowest BCUT2D eigenvalue weighted by Gasteiger charge is -2.05. The molecule has 0 aliphatic carbocycles. The molecule has 854 valence electrons. The Morgan fingerprint density at radius 3 is 0.0775 bits per heavy atom. The lowest BCUT2D eigenvalue weighted by molar-refractivity contribution is 0.504. The maximum Gasteiger partial charge on any atom is -0.0533 e. The minimum atomic E-state index is 1.37. The molecule has 0 radical (unpaired) electrons. The van der Waals surface area contributed by atoms with Crippen molar-refractivity contribution >= 4 is 0 Å². The molecule has 0 aliphatic heterocycles. The second-order valence-electron chi connectivity index (χ2n) is 49.8. The lowest BCUT2D eigenvalue weighted by Crippen LogP contribution is -1.85. The van der Waals surface area contributed by atoms with Gasteiger partial charge in [-0.1, -0.05) is 913 Å². The summed E-state index contributed by atoms with van der Waals surface area (Å²) in [6.07, 6.45) is 209. The van der Waals surface area contributed by atoms with Crippen molar-refractivity contribution in [1.29, 1.82) is 0 Å². The number of unbranched alkanes of at least 4 members (excludes halogenated alkanes) is 139. The smallest absolute Gasteiger partial charge is 0.0533 e. The van der Waals surface area contributed by atoms with Gasteiger partial charge < -0.3 is 0 Å². The van der Waals surface area contributed by atoms with Gasteiger partial charge in [-0.25, -0.2) is 0 Å². The highest BCUT2D eigenvalue weighted by Crippen LogP contribution is 2.28. The Labute approximate surface area is 906 Å². The molecule has 0 saturated carbocycles. The predicted molar refractivity (Wildman–Crippen MR) is 658 cm³/mol. The second kappa shape index (κ2) is 141. The van der Waals surface area contributed by atoms with E-state index in [1.54, 1.807) is 0 Å². The zero-order chi connectivity index (χ0) is 101. The first-order valence-corrected chi connectivity index (χ1v) is 70.9. The van der Waals surface area contributed by atoms with Crippen LogP contribution in [0.4, 0.5) is 0 Å². The second-order valence-corrected chi connectivity index (χ2v) is 49.8. The summed E-state index contributed by atoms with van der Waals surface area (Å²) >= 11 is 0. The van der Waals surface area contributed by atoms with Gasteiger partial charge in [-0.15, -0.1) is 0 Å². The fraction of sp³-hybridized carbons (Fsp3) is 1.00. The molecule has 0 bridgehead atoms. The standard InChI is InChI=1S/C142H286/c1-3-5-7-9-11-13-15-17-19-21-23-25-27-29-31-33-35-37-39-41-43-45-47-49-51-53-55-57-59-61-63-65-67-69-71-73-75-77-79-81-83-85-87-89-91-93-95-97-99-101-103-105-107-109-111-113-115-117-119-121-123-125-127-129-131-133-135-137-139-141-142-140-138-136-134-132-130-128-126-124-122-120-118-116-114-112-110-108-106-104-102-100-98-96-94-92-90-88-86-84-82-80-78-76-74-72-70-68-66-64-62-60-58-56-54-52-50-48-46-44-42-40-38-36-34-32-30-28-26-24-22-20-18-16-14-12-10-8-6-4-2/h3-142H2,1-2H3. The molecule has 0 aromatic rings. The summed E-state index contributed by atoms with van der Waals surface area (Å²) in [6, 6.07) is 0. The van der Waals surface area contributed by atoms with Crippen LogP contribution in [-0.2, 0) is 0 Å². The minimum Gasteiger partial charge on any atom is -0.0654 e. The summed E-state index contributed by atoms with van der Waals surface area (Å²) in [5, 5.41) is 0. The van der Waals surface area contributed by atoms with Crippen LogP contribution in [0.5, 0.6) is 0 Å². The molecule has 0 N–H and O–H groups in total. The van der Waals surface area contributed by atoms with Crippen molar-refractivity contribution in [2.45, 2.75) is 913 Å². The van der Waals surface area contributed by atoms with Gasteiger partial charge in [0, 0.05) is 0 Å². The fourth-order valence-electron chi connectivity index (χ4n) is 24.5. The minimum absolute atomic E-state index is 1.37. The Bertz CT molecular complexity index is 1670. The summed E-state index contributed by atoms with van der Waals surface area (Å²) in [5.41, 5.74) is 0. The third kappa shape index (κ3) is 140. The number of hydrogen-bond donors (Lipinski definition) is 0. The Kier molecular flexibility index (Phi) is 141. The van der Waals surface area contributed by atoms with Crippen molar-refractivity contribution in [2.24, 2.45) is 0 Å². The average molecular weight is 1990 g/mol. The van der Waals surface area contributed by atoms with E-state index in [2.05, 4.69) is 13.8 Å². The van der Waals surface area contributed by atoms with Crippen LogP contribution < -0.4 is 0 Å². The first-order chi connectivity index (χ1) is 70.9. The molecule has 0 unspecified atom stereocenters. The average Bonchev–Trinajstić information content (AvgIpc) is 1.10. The van der Waals surface area contributed by atoms with Gasteiger partial charge in [-0.05, 0) is 0 Å². The SMILES string of the molecule is CCCCCCCCCCCCCCCCCCCCCCCCCCCCCCCCCCCCCCCCCCCCCCCCCCCCCCCCCCCCCCCCCCCCCCCCCCCCCCCCCCCCCCCCCCCCCCCCCCCCCCCCCCCCCCCCCCCCCCCCCCCCCCCCCCCCCCCCCCCCCC. The molecule has 0 spiro atoms. The molecule has 0 amide bonds. The van der Waals surface area contributed by atoms with E-state index >= 15 is 0 Å². The maximum absolute atomic E-state index is 2.32. The van der Waals surface area contributed by atoms with Gasteiger partial charge in [0.1, 0.15) is 0 Å². The van der Waals surface area contributed by atoms with Crippen molar-refractivity contribution < 1.29 is 0 Å². The first kappa shape index (κ1) is 142. The van der Waals surface area contributed by atoms with E-state index in [-0.39, 0.29) is 0 Å². The third-order valence-corrected chi connectivity index (χ3v) is 35.0. The van der Waals surface area contributed by atoms with E-state index in [1.165, 1.54) is 899 Å². The Balaban J connectivity index is 3.11. The van der Waals surface area contributed by atoms with Gasteiger partial charge in [-0.3, -0.25) is 0 Å². The molecule has 0 aromatic heterocycles. The molecule has 0 aliphatic rings. The Hall–Kier alpha value is 0. The van der Waals surface area contributed by atoms with E-state index in [0.717, 1.165) is 0 Å². The molecule has 0 heterocycles. The number of hydrogen-bond acceptors (Lipinski definition) is 0. The fourth-order valence-corrected chi connectivity index (χ4v) is 24.5. The summed E-state index contributed by atoms with van der Waals surface area (Å²) in [7, 11) is 0. The van der Waals surface area contributed by atoms with Crippen molar-refractivity contribution in [3.8, 4) is 0 Å². The molecule has 0 atom stereocenters. The van der Waals surface area contributed by atoms with E-state index in [1.807, 2.05) is 0 Å². The summed E-state index contributed by atoms with van der Waals surface area (Å²) in [4.78, 5) is 0. The van der Waals surface area contributed by atoms with Gasteiger partial charge in [-0.2, -0.15) is 0 Å². The molecule has 0 aromatic carbocycles. The maximum atomic E-state index is 2.32. The van der Waals surface area contributed by atoms with E-state index < -0.39 is 0 Å². The van der Waals surface area contributed by atoms with Gasteiger partial charge in [0.2, 0.25) is 0 Å². The van der Waals surface area contributed by atoms with Crippen LogP contribution in [0.25, 0.3) is 0 Å². The van der Waals surface area contributed by atoms with Crippen LogP contribution in [0.3, 0.4) is 0 Å². The van der Waals surface area contributed by atoms with Crippen molar-refractivity contribution in [3.05, 3.63) is 0 Å². The van der Waals surface area contributed by atoms with E-state index in [0.29, 0.717) is 0 Å². The van der Waals surface area contributed by atoms with Crippen molar-refractivity contribution in [1.82, 2.24) is 0 Å². The third-order valence-electron chi connectivity index (χ3n) is 35.0. The molecule has 0 rings (SSSR count). The Morgan fingerprint density at radius 2 is 0.0563 bits per heavy atom. The quantitative estimate of drug-likeness (QED) is 0.0533. The zero-order valence-electron chi connectivity index (χ0n) is 101. The van der Waals surface area contributed by atoms with Crippen LogP contribution in [0.15, 0.2) is 0 Å². The van der Waals surface area contributed by atoms with E-state index in [4.69, 9.17) is 0 Å². The van der Waals surface area contributed by atoms with Crippen LogP contribution in [0.1, 0.15) is 913 Å². The topological polar surface area (TPSA) is 0 Å². The highest BCUT2D eigenvalue weighted by Gasteiger charge is 2.08.